The van der Waals surface area contributed by atoms with Crippen LogP contribution in [0.4, 0.5) is 0 Å². The van der Waals surface area contributed by atoms with Gasteiger partial charge in [0.15, 0.2) is 0 Å². The van der Waals surface area contributed by atoms with Crippen molar-refractivity contribution in [2.75, 3.05) is 0 Å². The van der Waals surface area contributed by atoms with Crippen LogP contribution in [0.15, 0.2) is 133 Å². The van der Waals surface area contributed by atoms with Gasteiger partial charge in [0.05, 0.1) is 6.04 Å². The summed E-state index contributed by atoms with van der Waals surface area (Å²) in [6.07, 6.45) is 2.33. The third-order valence-corrected chi connectivity index (χ3v) is 12.1. The van der Waals surface area contributed by atoms with Gasteiger partial charge in [0.2, 0.25) is 11.8 Å². The highest BCUT2D eigenvalue weighted by Gasteiger charge is 2.47. The summed E-state index contributed by atoms with van der Waals surface area (Å²) in [7, 11) is 0. The number of nitrogens with zero attached hydrogens (tertiary/aromatic N) is 1. The molecule has 0 radical (unpaired) electrons. The molecule has 8 heteroatoms. The van der Waals surface area contributed by atoms with Gasteiger partial charge in [-0.05, 0) is 34.5 Å². The fourth-order valence-electron chi connectivity index (χ4n) is 5.74. The molecule has 1 aliphatic heterocycles. The molecule has 6 nitrogen and oxygen atoms in total. The second-order valence-corrected chi connectivity index (χ2v) is 14.7. The number of β-lactam (4-membered cyclic amide) rings is 1. The first-order chi connectivity index (χ1) is 21.8. The predicted octanol–water partition coefficient (Wildman–Crippen LogP) is 5.25. The average Bonchev–Trinajstić information content (AvgIpc) is 3.05. The second-order valence-electron chi connectivity index (χ2n) is 10.9. The van der Waals surface area contributed by atoms with Crippen LogP contribution in [0.3, 0.4) is 0 Å². The van der Waals surface area contributed by atoms with E-state index in [1.54, 1.807) is 17.9 Å². The third-order valence-electron chi connectivity index (χ3n) is 7.60. The predicted molar refractivity (Wildman–Crippen MR) is 186 cm³/mol. The number of allylic oxidation sites excluding steroid dienone is 2. The number of rotatable bonds is 11. The van der Waals surface area contributed by atoms with Crippen LogP contribution in [-0.2, 0) is 25.7 Å². The van der Waals surface area contributed by atoms with Crippen molar-refractivity contribution in [3.8, 4) is 0 Å². The molecule has 2 amide bonds. The maximum absolute atomic E-state index is 14.7. The van der Waals surface area contributed by atoms with Crippen molar-refractivity contribution in [2.45, 2.75) is 39.3 Å². The number of ether oxygens (including phenoxy) is 1. The van der Waals surface area contributed by atoms with Gasteiger partial charge in [-0.1, -0.05) is 134 Å². The number of esters is 1. The van der Waals surface area contributed by atoms with Crippen LogP contribution in [0.1, 0.15) is 32.3 Å². The van der Waals surface area contributed by atoms with E-state index >= 15 is 0 Å². The Kier molecular flexibility index (Phi) is 10.2. The molecule has 0 aromatic heterocycles. The first kappa shape index (κ1) is 31.8. The van der Waals surface area contributed by atoms with Crippen LogP contribution in [-0.4, -0.2) is 39.0 Å². The molecule has 0 saturated carbocycles. The minimum atomic E-state index is -3.00. The van der Waals surface area contributed by atoms with Crippen LogP contribution in [0.25, 0.3) is 0 Å². The normalized spacial score (nSPS) is 14.7. The van der Waals surface area contributed by atoms with Crippen molar-refractivity contribution >= 4 is 63.1 Å². The van der Waals surface area contributed by atoms with Gasteiger partial charge in [-0.3, -0.25) is 9.59 Å². The molecule has 1 saturated heterocycles. The van der Waals surface area contributed by atoms with E-state index in [1.165, 1.54) is 6.92 Å². The van der Waals surface area contributed by atoms with Crippen molar-refractivity contribution in [3.63, 3.8) is 0 Å². The fourth-order valence-corrected chi connectivity index (χ4v) is 10.5. The first-order valence-corrected chi connectivity index (χ1v) is 17.0. The Morgan fingerprint density at radius 3 is 1.73 bits per heavy atom. The number of amides is 2. The molecule has 0 bridgehead atoms. The van der Waals surface area contributed by atoms with E-state index in [0.29, 0.717) is 22.4 Å². The number of hydrogen-bond acceptors (Lipinski definition) is 5. The van der Waals surface area contributed by atoms with Gasteiger partial charge < -0.3 is 15.0 Å². The van der Waals surface area contributed by atoms with Crippen molar-refractivity contribution in [3.05, 3.63) is 139 Å². The van der Waals surface area contributed by atoms with Crippen LogP contribution in [0.2, 0.25) is 0 Å². The number of carbonyl (C=O) groups is 3. The summed E-state index contributed by atoms with van der Waals surface area (Å²) in [6, 6.07) is 38.9. The highest BCUT2D eigenvalue weighted by Crippen LogP contribution is 2.49. The highest BCUT2D eigenvalue weighted by atomic mass is 32.1. The van der Waals surface area contributed by atoms with Gasteiger partial charge in [-0.2, -0.15) is 0 Å². The minimum absolute atomic E-state index is 0.0608. The molecule has 4 aromatic rings. The van der Waals surface area contributed by atoms with Crippen molar-refractivity contribution in [1.82, 2.24) is 10.2 Å². The summed E-state index contributed by atoms with van der Waals surface area (Å²) in [6.45, 7) is 0.276. The standard InChI is InChI=1S/C37H35N2O4PS/c1-27(38-28(2)40)23-34(45)24-30-25-35(41)39(30)36(37(42)43-26-29-15-7-3-8-16-29)44(31-17-9-4-10-18-31,32-19-11-5-12-20-32)33-21-13-6-14-22-33/h3-23,30H,24-26H2,1-2H3,(H,38,40)/b27-23-. The monoisotopic (exact) mass is 634 g/mol. The largest absolute Gasteiger partial charge is 0.456 e. The summed E-state index contributed by atoms with van der Waals surface area (Å²) >= 11 is 5.71. The lowest BCUT2D eigenvalue weighted by molar-refractivity contribution is -0.144. The number of carbonyl (C=O) groups excluding carboxylic acids is 3. The smallest absolute Gasteiger partial charge is 0.356 e. The molecule has 1 heterocycles. The Balaban J connectivity index is 1.76. The summed E-state index contributed by atoms with van der Waals surface area (Å²) in [4.78, 5) is 42.2. The summed E-state index contributed by atoms with van der Waals surface area (Å²) < 4.78 is 6.09. The topological polar surface area (TPSA) is 75.7 Å². The Labute approximate surface area is 269 Å². The Morgan fingerprint density at radius 1 is 0.822 bits per heavy atom. The van der Waals surface area contributed by atoms with E-state index in [2.05, 4.69) is 5.32 Å². The lowest BCUT2D eigenvalue weighted by atomic mass is 9.96. The van der Waals surface area contributed by atoms with Gasteiger partial charge in [-0.25, -0.2) is 4.79 Å². The second kappa shape index (κ2) is 14.5. The summed E-state index contributed by atoms with van der Waals surface area (Å²) in [5, 5.41) is 5.53. The molecule has 1 unspecified atom stereocenters. The van der Waals surface area contributed by atoms with E-state index in [-0.39, 0.29) is 30.9 Å². The van der Waals surface area contributed by atoms with Crippen LogP contribution in [0, 0.1) is 0 Å². The number of nitrogens with one attached hydrogen (secondary N) is 1. The molecule has 0 spiro atoms. The zero-order valence-corrected chi connectivity index (χ0v) is 27.0. The number of hydrogen-bond donors (Lipinski definition) is 1. The third kappa shape index (κ3) is 7.06. The molecule has 1 aliphatic rings. The van der Waals surface area contributed by atoms with Gasteiger partial charge in [0.1, 0.15) is 12.0 Å². The van der Waals surface area contributed by atoms with Gasteiger partial charge in [-0.15, -0.1) is 0 Å². The first-order valence-electron chi connectivity index (χ1n) is 14.8. The number of benzene rings is 4. The summed E-state index contributed by atoms with van der Waals surface area (Å²) in [5.41, 5.74) is 1.80. The molecule has 45 heavy (non-hydrogen) atoms. The van der Waals surface area contributed by atoms with E-state index < -0.39 is 12.9 Å². The van der Waals surface area contributed by atoms with Crippen LogP contribution < -0.4 is 21.2 Å². The SMILES string of the molecule is CC(=O)N/C(C)=C\C(=S)CC1CC(=O)N1C(C(=O)OCc1ccccc1)=P(c1ccccc1)(c1ccccc1)c1ccccc1. The summed E-state index contributed by atoms with van der Waals surface area (Å²) in [5.74, 6) is -0.895. The van der Waals surface area contributed by atoms with Crippen molar-refractivity contribution < 1.29 is 19.1 Å². The Hall–Kier alpha value is -4.58. The molecule has 1 fully saturated rings. The van der Waals surface area contributed by atoms with Gasteiger partial charge in [0, 0.05) is 37.2 Å². The van der Waals surface area contributed by atoms with Gasteiger partial charge >= 0.3 is 5.97 Å². The van der Waals surface area contributed by atoms with E-state index in [4.69, 9.17) is 17.0 Å². The average molecular weight is 635 g/mol. The zero-order valence-electron chi connectivity index (χ0n) is 25.3. The zero-order chi connectivity index (χ0) is 31.8. The maximum Gasteiger partial charge on any atom is 0.356 e. The molecule has 0 aliphatic carbocycles. The highest BCUT2D eigenvalue weighted by molar-refractivity contribution is 7.96. The molecule has 228 valence electrons. The maximum atomic E-state index is 14.7. The lowest BCUT2D eigenvalue weighted by Crippen LogP contribution is -2.60. The quantitative estimate of drug-likeness (QED) is 0.0802. The number of likely N-dealkylation sites (tertiary alicyclic amines) is 1. The van der Waals surface area contributed by atoms with Gasteiger partial charge in [0.25, 0.3) is 0 Å². The van der Waals surface area contributed by atoms with Crippen LogP contribution in [0.5, 0.6) is 0 Å². The number of thiocarbonyl (C=S) groups is 1. The molecular weight excluding hydrogens is 599 g/mol. The molecule has 1 N–H and O–H groups in total. The lowest BCUT2D eigenvalue weighted by Gasteiger charge is -2.45. The fraction of sp³-hybridized carbons (Fsp3) is 0.162. The van der Waals surface area contributed by atoms with Crippen LogP contribution >= 0.6 is 19.1 Å². The van der Waals surface area contributed by atoms with Crippen molar-refractivity contribution in [1.29, 1.82) is 0 Å². The van der Waals surface area contributed by atoms with E-state index in [0.717, 1.165) is 21.5 Å². The molecule has 5 rings (SSSR count). The Morgan fingerprint density at radius 2 is 1.29 bits per heavy atom. The minimum Gasteiger partial charge on any atom is -0.456 e. The van der Waals surface area contributed by atoms with E-state index in [9.17, 15) is 14.4 Å². The molecule has 1 atom stereocenters. The van der Waals surface area contributed by atoms with Crippen molar-refractivity contribution in [2.24, 2.45) is 0 Å². The van der Waals surface area contributed by atoms with E-state index in [1.807, 2.05) is 121 Å². The molecule has 4 aromatic carbocycles. The Bertz CT molecular complexity index is 1670. The molecular formula is C37H35N2O4PS.